The number of hydrogen-bond donors (Lipinski definition) is 1. The van der Waals surface area contributed by atoms with E-state index in [0.717, 1.165) is 28.5 Å². The SMILES string of the molecule is CCCNC(CC)c1nnc(-c2ccc(I)c(Cl)c2)o1. The summed E-state index contributed by atoms with van der Waals surface area (Å²) < 4.78 is 6.77. The van der Waals surface area contributed by atoms with Gasteiger partial charge in [0.1, 0.15) is 0 Å². The molecule has 1 N–H and O–H groups in total. The van der Waals surface area contributed by atoms with Crippen LogP contribution in [0, 0.1) is 3.57 Å². The molecule has 0 aliphatic heterocycles. The zero-order chi connectivity index (χ0) is 14.5. The van der Waals surface area contributed by atoms with Crippen molar-refractivity contribution in [2.75, 3.05) is 6.54 Å². The van der Waals surface area contributed by atoms with Crippen LogP contribution in [0.1, 0.15) is 38.6 Å². The van der Waals surface area contributed by atoms with Crippen LogP contribution in [0.3, 0.4) is 0 Å². The Morgan fingerprint density at radius 2 is 2.15 bits per heavy atom. The third kappa shape index (κ3) is 3.71. The zero-order valence-corrected chi connectivity index (χ0v) is 14.4. The Kier molecular flexibility index (Phi) is 5.80. The van der Waals surface area contributed by atoms with Gasteiger partial charge in [-0.05, 0) is 60.2 Å². The van der Waals surface area contributed by atoms with Gasteiger partial charge < -0.3 is 9.73 Å². The molecule has 1 aromatic carbocycles. The van der Waals surface area contributed by atoms with Crippen molar-refractivity contribution in [3.05, 3.63) is 32.7 Å². The highest BCUT2D eigenvalue weighted by molar-refractivity contribution is 14.1. The second kappa shape index (κ2) is 7.38. The lowest BCUT2D eigenvalue weighted by molar-refractivity contribution is 0.396. The molecular formula is C14H17ClIN3O. The van der Waals surface area contributed by atoms with Gasteiger partial charge in [0.2, 0.25) is 11.8 Å². The molecule has 6 heteroatoms. The molecule has 1 aromatic heterocycles. The minimum absolute atomic E-state index is 0.107. The molecule has 2 aromatic rings. The largest absolute Gasteiger partial charge is 0.419 e. The van der Waals surface area contributed by atoms with Gasteiger partial charge in [-0.3, -0.25) is 0 Å². The molecule has 0 fully saturated rings. The average Bonchev–Trinajstić information content (AvgIpc) is 2.92. The van der Waals surface area contributed by atoms with Crippen molar-refractivity contribution in [2.24, 2.45) is 0 Å². The fraction of sp³-hybridized carbons (Fsp3) is 0.429. The van der Waals surface area contributed by atoms with Crippen LogP contribution in [-0.4, -0.2) is 16.7 Å². The van der Waals surface area contributed by atoms with E-state index in [1.807, 2.05) is 18.2 Å². The maximum Gasteiger partial charge on any atom is 0.247 e. The fourth-order valence-corrected chi connectivity index (χ4v) is 2.36. The van der Waals surface area contributed by atoms with Gasteiger partial charge in [-0.25, -0.2) is 0 Å². The molecule has 108 valence electrons. The van der Waals surface area contributed by atoms with Gasteiger partial charge >= 0.3 is 0 Å². The van der Waals surface area contributed by atoms with Gasteiger partial charge in [-0.15, -0.1) is 10.2 Å². The van der Waals surface area contributed by atoms with Crippen LogP contribution in [0.2, 0.25) is 5.02 Å². The highest BCUT2D eigenvalue weighted by atomic mass is 127. The van der Waals surface area contributed by atoms with E-state index in [2.05, 4.69) is 52.0 Å². The third-order valence-corrected chi connectivity index (χ3v) is 4.53. The first-order chi connectivity index (χ1) is 9.65. The molecule has 0 aliphatic carbocycles. The molecule has 4 nitrogen and oxygen atoms in total. The van der Waals surface area contributed by atoms with Crippen molar-refractivity contribution >= 4 is 34.2 Å². The average molecular weight is 406 g/mol. The van der Waals surface area contributed by atoms with Crippen LogP contribution in [0.5, 0.6) is 0 Å². The summed E-state index contributed by atoms with van der Waals surface area (Å²) in [4.78, 5) is 0. The van der Waals surface area contributed by atoms with Crippen LogP contribution in [-0.2, 0) is 0 Å². The van der Waals surface area contributed by atoms with Crippen LogP contribution >= 0.6 is 34.2 Å². The molecular weight excluding hydrogens is 389 g/mol. The Balaban J connectivity index is 2.20. The van der Waals surface area contributed by atoms with E-state index in [9.17, 15) is 0 Å². The molecule has 0 radical (unpaired) electrons. The van der Waals surface area contributed by atoms with E-state index >= 15 is 0 Å². The molecule has 20 heavy (non-hydrogen) atoms. The Hall–Kier alpha value is -0.660. The summed E-state index contributed by atoms with van der Waals surface area (Å²) >= 11 is 8.31. The molecule has 0 spiro atoms. The molecule has 1 atom stereocenters. The topological polar surface area (TPSA) is 51.0 Å². The normalized spacial score (nSPS) is 12.6. The molecule has 0 saturated carbocycles. The van der Waals surface area contributed by atoms with E-state index in [4.69, 9.17) is 16.0 Å². The van der Waals surface area contributed by atoms with Crippen LogP contribution < -0.4 is 5.32 Å². The van der Waals surface area contributed by atoms with Crippen LogP contribution in [0.4, 0.5) is 0 Å². The Labute approximate surface area is 137 Å². The van der Waals surface area contributed by atoms with Crippen molar-refractivity contribution in [1.82, 2.24) is 15.5 Å². The fourth-order valence-electron chi connectivity index (χ4n) is 1.85. The van der Waals surface area contributed by atoms with Crippen molar-refractivity contribution < 1.29 is 4.42 Å². The number of benzene rings is 1. The maximum absolute atomic E-state index is 6.12. The predicted octanol–water partition coefficient (Wildman–Crippen LogP) is 4.45. The van der Waals surface area contributed by atoms with Gasteiger partial charge in [0.05, 0.1) is 11.1 Å². The van der Waals surface area contributed by atoms with E-state index in [-0.39, 0.29) is 6.04 Å². The number of aromatic nitrogens is 2. The summed E-state index contributed by atoms with van der Waals surface area (Å²) in [5.74, 6) is 1.14. The highest BCUT2D eigenvalue weighted by Gasteiger charge is 2.17. The highest BCUT2D eigenvalue weighted by Crippen LogP contribution is 2.27. The lowest BCUT2D eigenvalue weighted by Gasteiger charge is -2.11. The molecule has 0 bridgehead atoms. The summed E-state index contributed by atoms with van der Waals surface area (Å²) in [5.41, 5.74) is 0.847. The van der Waals surface area contributed by atoms with Gasteiger partial charge in [0, 0.05) is 9.13 Å². The Morgan fingerprint density at radius 3 is 2.80 bits per heavy atom. The van der Waals surface area contributed by atoms with Crippen LogP contribution in [0.15, 0.2) is 22.6 Å². The lowest BCUT2D eigenvalue weighted by Crippen LogP contribution is -2.21. The van der Waals surface area contributed by atoms with Crippen LogP contribution in [0.25, 0.3) is 11.5 Å². The standard InChI is InChI=1S/C14H17ClIN3O/c1-3-7-17-12(4-2)14-19-18-13(20-14)9-5-6-11(16)10(15)8-9/h5-6,8,12,17H,3-4,7H2,1-2H3. The number of nitrogens with one attached hydrogen (secondary N) is 1. The number of nitrogens with zero attached hydrogens (tertiary/aromatic N) is 2. The number of halogens is 2. The summed E-state index contributed by atoms with van der Waals surface area (Å²) in [7, 11) is 0. The molecule has 1 heterocycles. The zero-order valence-electron chi connectivity index (χ0n) is 11.5. The first-order valence-corrected chi connectivity index (χ1v) is 8.13. The minimum Gasteiger partial charge on any atom is -0.419 e. The number of hydrogen-bond acceptors (Lipinski definition) is 4. The van der Waals surface area contributed by atoms with Gasteiger partial charge in [0.25, 0.3) is 0 Å². The van der Waals surface area contributed by atoms with E-state index in [1.54, 1.807) is 0 Å². The third-order valence-electron chi connectivity index (χ3n) is 2.95. The summed E-state index contributed by atoms with van der Waals surface area (Å²) in [6.45, 7) is 5.16. The van der Waals surface area contributed by atoms with Crippen molar-refractivity contribution in [1.29, 1.82) is 0 Å². The monoisotopic (exact) mass is 405 g/mol. The molecule has 1 unspecified atom stereocenters. The smallest absolute Gasteiger partial charge is 0.247 e. The number of rotatable bonds is 6. The quantitative estimate of drug-likeness (QED) is 0.722. The van der Waals surface area contributed by atoms with E-state index in [1.165, 1.54) is 0 Å². The van der Waals surface area contributed by atoms with Gasteiger partial charge in [0.15, 0.2) is 0 Å². The molecule has 0 saturated heterocycles. The molecule has 0 amide bonds. The van der Waals surface area contributed by atoms with Crippen molar-refractivity contribution in [2.45, 2.75) is 32.7 Å². The van der Waals surface area contributed by atoms with Crippen molar-refractivity contribution in [3.8, 4) is 11.5 Å². The Bertz CT molecular complexity index is 573. The maximum atomic E-state index is 6.12. The lowest BCUT2D eigenvalue weighted by atomic mass is 10.2. The second-order valence-electron chi connectivity index (χ2n) is 4.49. The first kappa shape index (κ1) is 15.7. The van der Waals surface area contributed by atoms with Gasteiger partial charge in [-0.2, -0.15) is 0 Å². The summed E-state index contributed by atoms with van der Waals surface area (Å²) in [6, 6.07) is 5.83. The first-order valence-electron chi connectivity index (χ1n) is 6.67. The predicted molar refractivity (Wildman–Crippen MR) is 88.8 cm³/mol. The van der Waals surface area contributed by atoms with E-state index < -0.39 is 0 Å². The second-order valence-corrected chi connectivity index (χ2v) is 6.06. The Morgan fingerprint density at radius 1 is 1.35 bits per heavy atom. The van der Waals surface area contributed by atoms with Gasteiger partial charge in [-0.1, -0.05) is 25.4 Å². The summed E-state index contributed by atoms with van der Waals surface area (Å²) in [5, 5.41) is 12.4. The molecule has 0 aliphatic rings. The molecule has 2 rings (SSSR count). The minimum atomic E-state index is 0.107. The van der Waals surface area contributed by atoms with Crippen molar-refractivity contribution in [3.63, 3.8) is 0 Å². The van der Waals surface area contributed by atoms with E-state index in [0.29, 0.717) is 16.8 Å². The summed E-state index contributed by atoms with van der Waals surface area (Å²) in [6.07, 6.45) is 1.99.